The van der Waals surface area contributed by atoms with Crippen LogP contribution in [0.25, 0.3) is 57.0 Å². The van der Waals surface area contributed by atoms with Crippen molar-refractivity contribution in [1.82, 2.24) is 22.7 Å². The van der Waals surface area contributed by atoms with Crippen molar-refractivity contribution in [1.29, 1.82) is 0 Å². The van der Waals surface area contributed by atoms with Crippen molar-refractivity contribution in [2.24, 2.45) is 0 Å². The summed E-state index contributed by atoms with van der Waals surface area (Å²) in [5.74, 6) is 5.39. The van der Waals surface area contributed by atoms with Crippen LogP contribution in [0.3, 0.4) is 0 Å². The van der Waals surface area contributed by atoms with E-state index in [4.69, 9.17) is 27.6 Å². The Morgan fingerprint density at radius 3 is 1.16 bits per heavy atom. The maximum atomic E-state index is 8.18. The second-order valence-corrected chi connectivity index (χ2v) is 24.9. The van der Waals surface area contributed by atoms with E-state index in [0.29, 0.717) is 23.9 Å². The number of oxazole rings is 5. The summed E-state index contributed by atoms with van der Waals surface area (Å²) in [6, 6.07) is 41.4. The van der Waals surface area contributed by atoms with E-state index in [1.54, 1.807) is 50.8 Å². The van der Waals surface area contributed by atoms with Gasteiger partial charge in [-0.15, -0.1) is 0 Å². The number of benzene rings is 5. The molecule has 2 aliphatic carbocycles. The molecule has 15 heteroatoms. The first-order valence-electron chi connectivity index (χ1n) is 34.6. The van der Waals surface area contributed by atoms with Gasteiger partial charge in [-0.25, -0.2) is 0 Å². The fourth-order valence-electron chi connectivity index (χ4n) is 14.3. The Bertz CT molecular complexity index is 5100. The number of aromatic nitrogens is 10. The zero-order valence-corrected chi connectivity index (χ0v) is 55.4. The molecule has 2 saturated carbocycles. The first kappa shape index (κ1) is 56.8. The minimum atomic E-state index is -2.23. The van der Waals surface area contributed by atoms with Crippen molar-refractivity contribution in [3.05, 3.63) is 270 Å². The van der Waals surface area contributed by atoms with Gasteiger partial charge in [0.05, 0.1) is 11.8 Å². The molecule has 0 N–H and O–H groups in total. The summed E-state index contributed by atoms with van der Waals surface area (Å²) >= 11 is 0. The van der Waals surface area contributed by atoms with Crippen LogP contribution >= 0.6 is 0 Å². The van der Waals surface area contributed by atoms with E-state index >= 15 is 0 Å². The maximum Gasteiger partial charge on any atom is 0.338 e. The second-order valence-electron chi connectivity index (χ2n) is 24.9. The second kappa shape index (κ2) is 26.2. The van der Waals surface area contributed by atoms with Crippen LogP contribution in [0.5, 0.6) is 0 Å². The highest BCUT2D eigenvalue weighted by Gasteiger charge is 2.37. The lowest BCUT2D eigenvalue weighted by molar-refractivity contribution is -0.601. The number of para-hydroxylation sites is 5. The molecule has 0 unspecified atom stereocenters. The van der Waals surface area contributed by atoms with Crippen LogP contribution in [0, 0.1) is 83.0 Å². The molecule has 0 spiro atoms. The zero-order valence-electron chi connectivity index (χ0n) is 59.4. The molecular weight excluding hydrogens is 1160 g/mol. The first-order valence-corrected chi connectivity index (χ1v) is 32.6. The summed E-state index contributed by atoms with van der Waals surface area (Å²) in [7, 11) is 0. The minimum Gasteiger partial charge on any atom is -0.424 e. The van der Waals surface area contributed by atoms with Crippen LogP contribution in [-0.4, -0.2) is 22.7 Å². The summed E-state index contributed by atoms with van der Waals surface area (Å²) in [5.41, 5.74) is 21.0. The molecule has 0 saturated heterocycles. The molecule has 10 heterocycles. The van der Waals surface area contributed by atoms with Gasteiger partial charge in [-0.05, 0) is 118 Å². The number of rotatable bonds is 7. The third-order valence-corrected chi connectivity index (χ3v) is 19.0. The number of aryl methyl sites for hydroxylation is 12. The van der Waals surface area contributed by atoms with Gasteiger partial charge in [-0.3, -0.25) is 0 Å². The largest absolute Gasteiger partial charge is 0.424 e. The molecule has 10 aromatic heterocycles. The normalized spacial score (nSPS) is 14.3. The van der Waals surface area contributed by atoms with Crippen LogP contribution in [0.2, 0.25) is 0 Å². The topological polar surface area (TPSA) is 110 Å². The van der Waals surface area contributed by atoms with Gasteiger partial charge in [0, 0.05) is 52.5 Å². The average molecular weight is 1250 g/mol. The molecule has 0 atom stereocenters. The lowest BCUT2D eigenvalue weighted by Gasteiger charge is -2.19. The standard InChI is InChI=1S/C19H23N2O.C18H21N2O.2C14H15N2O.C13H13N2O/c1-14-8-6-7-11-17(14)21-15(2)19-20(12-13-22-19)18(21)16-9-4-3-5-10-16;1-13-7-3-6-10-16(13)20-14(2)18-19(11-12-21-18)17(20)15-8-4-5-9-15;2*1-10-6-4-5-7-13(10)16-11(2)14-15(12(16)3)8-9-17-14;1-10-5-3-4-6-12(10)15-9-14-7-8-16-13(14)11(15)2/h6-8,11-13,16H,3-5,9-10H2,1-2H3;3,6-7,10-12,15H,4-5,8-9H2,1-2H3;2*4-9H,1-3H3;3-9H,1-2H3/q5*+1/i;;3D3;;9D. The van der Waals surface area contributed by atoms with E-state index < -0.39 is 6.85 Å². The van der Waals surface area contributed by atoms with E-state index in [9.17, 15) is 0 Å². The Morgan fingerprint density at radius 1 is 0.387 bits per heavy atom. The average Bonchev–Trinajstić information content (AvgIpc) is 1.63. The third kappa shape index (κ3) is 11.4. The quantitative estimate of drug-likeness (QED) is 0.148. The first-order chi connectivity index (χ1) is 46.8. The third-order valence-electron chi connectivity index (χ3n) is 19.0. The molecule has 17 rings (SSSR count). The van der Waals surface area contributed by atoms with Gasteiger partial charge in [0.15, 0.2) is 29.8 Å². The molecule has 15 nitrogen and oxygen atoms in total. The predicted octanol–water partition coefficient (Wildman–Crippen LogP) is 16.5. The molecular formula is C78H87N10O5+5. The Kier molecular flexibility index (Phi) is 16.0. The summed E-state index contributed by atoms with van der Waals surface area (Å²) in [6.07, 6.45) is 30.1. The van der Waals surface area contributed by atoms with Crippen molar-refractivity contribution in [3.63, 3.8) is 0 Å². The molecule has 0 bridgehead atoms. The lowest BCUT2D eigenvalue weighted by atomic mass is 9.88. The lowest BCUT2D eigenvalue weighted by Crippen LogP contribution is -2.32. The van der Waals surface area contributed by atoms with E-state index in [2.05, 4.69) is 161 Å². The van der Waals surface area contributed by atoms with E-state index in [-0.39, 0.29) is 5.82 Å². The van der Waals surface area contributed by atoms with Gasteiger partial charge in [0.25, 0.3) is 29.6 Å². The highest BCUT2D eigenvalue weighted by Crippen LogP contribution is 2.37. The van der Waals surface area contributed by atoms with Crippen molar-refractivity contribution in [2.45, 2.75) is 153 Å². The fourth-order valence-corrected chi connectivity index (χ4v) is 14.3. The predicted molar refractivity (Wildman–Crippen MR) is 360 cm³/mol. The molecule has 2 fully saturated rings. The van der Waals surface area contributed by atoms with Gasteiger partial charge >= 0.3 is 28.6 Å². The molecule has 93 heavy (non-hydrogen) atoms. The van der Waals surface area contributed by atoms with Crippen molar-refractivity contribution in [3.8, 4) is 28.4 Å². The Balaban J connectivity index is 0.000000110. The highest BCUT2D eigenvalue weighted by molar-refractivity contribution is 5.51. The molecule has 5 aromatic carbocycles. The molecule has 2 aliphatic rings. The van der Waals surface area contributed by atoms with E-state index in [0.717, 1.165) is 68.3 Å². The monoisotopic (exact) mass is 1250 g/mol. The van der Waals surface area contributed by atoms with Crippen LogP contribution in [-0.2, 0) is 0 Å². The molecule has 0 radical (unpaired) electrons. The number of imidazole rings is 5. The fraction of sp³-hybridized carbons (Fsp3) is 0.295. The van der Waals surface area contributed by atoms with Crippen molar-refractivity contribution in [2.75, 3.05) is 0 Å². The number of nitrogens with zero attached hydrogens (tertiary/aromatic N) is 10. The van der Waals surface area contributed by atoms with Crippen LogP contribution in [0.4, 0.5) is 0 Å². The number of hydrogen-bond acceptors (Lipinski definition) is 5. The Labute approximate surface area is 549 Å². The van der Waals surface area contributed by atoms with Crippen LogP contribution < -0.4 is 22.2 Å². The minimum absolute atomic E-state index is 0.230. The van der Waals surface area contributed by atoms with Crippen LogP contribution in [0.1, 0.15) is 155 Å². The summed E-state index contributed by atoms with van der Waals surface area (Å²) in [5, 5.41) is 0. The molecule has 15 aromatic rings. The summed E-state index contributed by atoms with van der Waals surface area (Å²) < 4.78 is 80.1. The number of fused-ring (bicyclic) bond motifs is 5. The van der Waals surface area contributed by atoms with E-state index in [1.165, 1.54) is 121 Å². The van der Waals surface area contributed by atoms with Crippen molar-refractivity contribution >= 4 is 28.6 Å². The van der Waals surface area contributed by atoms with Crippen molar-refractivity contribution < 1.29 is 49.7 Å². The highest BCUT2D eigenvalue weighted by atomic mass is 16.4. The SMILES string of the molecule is Cc1ccccc1-n1c(C)c2occ[n+]2c1C.Cc1ccccc1-n1c(C)c2occ[n+]2c1C1CCCC1.Cc1ccccc1-n1c(C)c2occ[n+]2c1C1CCCCC1.[2H]C([2H])([2H])c1n(-c2ccccc2C)c(C)c2occ[n+]12.[2H]c1n2ccoc2c(C)[n+]1-c1ccccc1C. The van der Waals surface area contributed by atoms with Gasteiger partial charge < -0.3 is 22.1 Å². The summed E-state index contributed by atoms with van der Waals surface area (Å²) in [6.45, 7) is 20.6. The zero-order chi connectivity index (χ0) is 68.0. The van der Waals surface area contributed by atoms with Gasteiger partial charge in [0.1, 0.15) is 90.7 Å². The molecule has 0 aliphatic heterocycles. The van der Waals surface area contributed by atoms with Gasteiger partial charge in [0.2, 0.25) is 0 Å². The maximum absolute atomic E-state index is 8.18. The summed E-state index contributed by atoms with van der Waals surface area (Å²) in [4.78, 5) is 0. The van der Waals surface area contributed by atoms with E-state index in [1.807, 2.05) is 87.0 Å². The molecule has 0 amide bonds. The molecule has 474 valence electrons. The van der Waals surface area contributed by atoms with Gasteiger partial charge in [-0.1, -0.05) is 123 Å². The Morgan fingerprint density at radius 2 is 0.742 bits per heavy atom. The Hall–Kier alpha value is -10.2. The van der Waals surface area contributed by atoms with Gasteiger partial charge in [-0.2, -0.15) is 44.8 Å². The van der Waals surface area contributed by atoms with Crippen LogP contribution in [0.15, 0.2) is 212 Å². The smallest absolute Gasteiger partial charge is 0.338 e. The number of hydrogen-bond donors (Lipinski definition) is 0.